The van der Waals surface area contributed by atoms with Crippen LogP contribution in [-0.2, 0) is 123 Å². The van der Waals surface area contributed by atoms with E-state index in [-0.39, 0.29) is 6.54 Å². The Morgan fingerprint density at radius 3 is 0.690 bits per heavy atom. The summed E-state index contributed by atoms with van der Waals surface area (Å²) in [4.78, 5) is 0. The Balaban J connectivity index is -0.000000109. The first-order valence-electron chi connectivity index (χ1n) is 13.0. The topological polar surface area (TPSA) is 455 Å². The van der Waals surface area contributed by atoms with Crippen LogP contribution in [0.4, 0.5) is 0 Å². The summed E-state index contributed by atoms with van der Waals surface area (Å²) < 4.78 is 233. The van der Waals surface area contributed by atoms with E-state index in [1.54, 1.807) is 6.92 Å². The van der Waals surface area contributed by atoms with Gasteiger partial charge in [-0.2, -0.15) is 50.5 Å². The predicted molar refractivity (Wildman–Crippen MR) is 210 cm³/mol. The highest BCUT2D eigenvalue weighted by Crippen LogP contribution is 2.06. The maximum atomic E-state index is 10.8. The van der Waals surface area contributed by atoms with Crippen LogP contribution in [0, 0.1) is 0 Å². The smallest absolute Gasteiger partial charge is 0.284 e. The van der Waals surface area contributed by atoms with Gasteiger partial charge in [0.1, 0.15) is 0 Å². The van der Waals surface area contributed by atoms with Gasteiger partial charge >= 0.3 is 0 Å². The summed E-state index contributed by atoms with van der Waals surface area (Å²) in [5.41, 5.74) is 4.85. The Bertz CT molecular complexity index is 2100. The van der Waals surface area contributed by atoms with Crippen molar-refractivity contribution in [2.24, 2.45) is 5.73 Å². The fraction of sp³-hybridized carbons (Fsp3) is 1.00. The van der Waals surface area contributed by atoms with E-state index >= 15 is 0 Å². The molecule has 0 saturated carbocycles. The SMILES string of the molecule is CCN.CCNS(=O)(=O)CS(=O)(=O)OC.CO.COS(=O)(=O)CS(=O)(=O)Cl.COS(=O)(=O)CS(=O)(=O)OC.COS(=O)(=O)CS(=O)(=O)OC.O=S(=O)(Cl)CS(=O)(=O)Cl. The molecule has 0 heterocycles. The summed E-state index contributed by atoms with van der Waals surface area (Å²) in [6, 6.07) is 0. The van der Waals surface area contributed by atoms with Crippen LogP contribution in [0.3, 0.4) is 0 Å². The number of hydrogen-bond donors (Lipinski definition) is 3. The van der Waals surface area contributed by atoms with Gasteiger partial charge in [0.05, 0.1) is 42.7 Å². The molecule has 0 aromatic carbocycles. The van der Waals surface area contributed by atoms with Gasteiger partial charge in [-0.15, -0.1) is 0 Å². The minimum absolute atomic E-state index is 0.154. The molecule has 0 fully saturated rings. The van der Waals surface area contributed by atoms with Gasteiger partial charge in [0.15, 0.2) is 15.3 Å². The second kappa shape index (κ2) is 32.7. The largest absolute Gasteiger partial charge is 0.400 e. The molecule has 29 nitrogen and oxygen atoms in total. The van der Waals surface area contributed by atoms with Gasteiger partial charge in [0.25, 0.3) is 60.7 Å². The van der Waals surface area contributed by atoms with Crippen molar-refractivity contribution in [3.8, 4) is 0 Å². The Morgan fingerprint density at radius 1 is 0.397 bits per heavy atom. The number of sulfonamides is 1. The lowest BCUT2D eigenvalue weighted by Gasteiger charge is -2.02. The molecule has 0 aliphatic carbocycles. The van der Waals surface area contributed by atoms with Crippen LogP contribution in [0.5, 0.6) is 0 Å². The number of rotatable bonds is 18. The van der Waals surface area contributed by atoms with Crippen LogP contribution >= 0.6 is 32.0 Å². The molecule has 0 bridgehead atoms. The van der Waals surface area contributed by atoms with Crippen LogP contribution < -0.4 is 10.5 Å². The van der Waals surface area contributed by atoms with Crippen LogP contribution in [-0.4, -0.2) is 178 Å². The number of aliphatic hydroxyl groups excluding tert-OH is 1. The van der Waals surface area contributed by atoms with Crippen LogP contribution in [0.1, 0.15) is 13.8 Å². The average Bonchev–Trinajstić information content (AvgIpc) is 2.99. The second-order valence-corrected chi connectivity index (χ2v) is 30.5. The zero-order chi connectivity index (χ0) is 48.9. The fourth-order valence-corrected chi connectivity index (χ4v) is 15.1. The first-order valence-corrected chi connectivity index (χ1v) is 31.5. The zero-order valence-electron chi connectivity index (χ0n) is 31.3. The summed E-state index contributed by atoms with van der Waals surface area (Å²) in [7, 11) is -19.9. The predicted octanol–water partition coefficient (Wildman–Crippen LogP) is -4.20. The highest BCUT2D eigenvalue weighted by molar-refractivity contribution is 8.28. The van der Waals surface area contributed by atoms with Gasteiger partial charge in [-0.3, -0.25) is 25.1 Å². The maximum absolute atomic E-state index is 10.8. The molecule has 0 atom stereocenters. The molecule has 0 aromatic heterocycles. The minimum atomic E-state index is -4.03. The molecule has 0 rings (SSSR count). The number of hydrogen-bond acceptors (Lipinski definition) is 28. The van der Waals surface area contributed by atoms with Crippen molar-refractivity contribution in [1.29, 1.82) is 0 Å². The van der Waals surface area contributed by atoms with Gasteiger partial charge in [0.2, 0.25) is 47.3 Å². The maximum Gasteiger partial charge on any atom is 0.284 e. The molecule has 0 aromatic rings. The summed E-state index contributed by atoms with van der Waals surface area (Å²) in [5.74, 6) is 0. The molecule has 0 spiro atoms. The van der Waals surface area contributed by atoms with E-state index in [2.05, 4.69) is 57.1 Å². The highest BCUT2D eigenvalue weighted by atomic mass is 35.7. The summed E-state index contributed by atoms with van der Waals surface area (Å²) in [5, 5.41) is 1.21. The van der Waals surface area contributed by atoms with Gasteiger partial charge in [0, 0.05) is 45.7 Å². The molecule has 0 aliphatic rings. The Morgan fingerprint density at radius 2 is 0.569 bits per heavy atom. The number of nitrogens with one attached hydrogen (secondary N) is 1. The van der Waals surface area contributed by atoms with Crippen molar-refractivity contribution in [3.05, 3.63) is 0 Å². The summed E-state index contributed by atoms with van der Waals surface area (Å²) >= 11 is 0. The van der Waals surface area contributed by atoms with E-state index in [1.807, 2.05) is 11.6 Å². The molecule has 0 aliphatic heterocycles. The number of halogens is 3. The lowest BCUT2D eigenvalue weighted by Crippen LogP contribution is -2.30. The molecular weight excluding hydrogens is 1080 g/mol. The van der Waals surface area contributed by atoms with E-state index < -0.39 is 123 Å². The van der Waals surface area contributed by atoms with Crippen molar-refractivity contribution in [1.82, 2.24) is 4.72 Å². The van der Waals surface area contributed by atoms with E-state index in [0.717, 1.165) is 56.3 Å². The molecule has 362 valence electrons. The van der Waals surface area contributed by atoms with E-state index in [9.17, 15) is 84.2 Å². The third kappa shape index (κ3) is 62.7. The highest BCUT2D eigenvalue weighted by Gasteiger charge is 2.23. The van der Waals surface area contributed by atoms with Gasteiger partial charge in [-0.1, -0.05) is 13.8 Å². The third-order valence-corrected chi connectivity index (χ3v) is 21.1. The second-order valence-electron chi connectivity index (χ2n) is 8.07. The molecule has 42 heteroatoms. The lowest BCUT2D eigenvalue weighted by atomic mass is 10.8. The van der Waals surface area contributed by atoms with Crippen LogP contribution in [0.25, 0.3) is 0 Å². The number of aliphatic hydroxyl groups is 1. The normalized spacial score (nSPS) is 12.6. The first-order chi connectivity index (χ1) is 25.4. The fourth-order valence-electron chi connectivity index (χ4n) is 1.43. The van der Waals surface area contributed by atoms with Gasteiger partial charge < -0.3 is 10.8 Å². The Kier molecular flexibility index (Phi) is 40.8. The van der Waals surface area contributed by atoms with Crippen LogP contribution in [0.2, 0.25) is 0 Å². The van der Waals surface area contributed by atoms with Crippen molar-refractivity contribution < 1.29 is 114 Å². The van der Waals surface area contributed by atoms with Crippen LogP contribution in [0.15, 0.2) is 0 Å². The van der Waals surface area contributed by atoms with Gasteiger partial charge in [-0.05, 0) is 6.54 Å². The summed E-state index contributed by atoms with van der Waals surface area (Å²) in [6.45, 7) is 4.36. The molecule has 0 radical (unpaired) electrons. The molecule has 0 unspecified atom stereocenters. The minimum Gasteiger partial charge on any atom is -0.400 e. The zero-order valence-corrected chi connectivity index (χ0v) is 41.7. The number of nitrogens with two attached hydrogens (primary N) is 1. The molecule has 0 saturated heterocycles. The molecule has 4 N–H and O–H groups in total. The van der Waals surface area contributed by atoms with Crippen molar-refractivity contribution in [2.45, 2.75) is 13.8 Å². The molecule has 58 heavy (non-hydrogen) atoms. The average molecular weight is 1120 g/mol. The Hall–Kier alpha value is 0.01000. The molecular formula is C16H45Cl3N2O27S10. The molecule has 0 amide bonds. The monoisotopic (exact) mass is 1120 g/mol. The quantitative estimate of drug-likeness (QED) is 0.0865. The van der Waals surface area contributed by atoms with Crippen molar-refractivity contribution in [3.63, 3.8) is 0 Å². The van der Waals surface area contributed by atoms with Crippen molar-refractivity contribution in [2.75, 3.05) is 88.3 Å². The standard InChI is InChI=1S/C4H11NO5S2.2C3H8O6S2.C2H5ClO5S2.C2H7N.CH2Cl2O4S2.CH4O/c1-3-5-11(6,7)4-12(8,9)10-2;2*1-8-10(4,5)3-11(6,7)9-2;1-8-10(6,7)2-9(3,4)5;1-2-3;2-8(4,5)1-9(3,6)7;1-2/h5H,3-4H2,1-2H3;2*3H2,1-2H3;2H2,1H3;2-3H2,1H3;1H2;2H,1H3. The third-order valence-electron chi connectivity index (χ3n) is 3.33. The first kappa shape index (κ1) is 72.5. The lowest BCUT2D eigenvalue weighted by molar-refractivity contribution is 0.385. The van der Waals surface area contributed by atoms with E-state index in [4.69, 9.17) is 10.8 Å². The van der Waals surface area contributed by atoms with Crippen molar-refractivity contribution >= 4 is 130 Å². The van der Waals surface area contributed by atoms with E-state index in [0.29, 0.717) is 0 Å². The van der Waals surface area contributed by atoms with E-state index in [1.165, 1.54) is 0 Å². The Labute approximate surface area is 354 Å². The van der Waals surface area contributed by atoms with Gasteiger partial charge in [-0.25, -0.2) is 38.4 Å². The summed E-state index contributed by atoms with van der Waals surface area (Å²) in [6.07, 6.45) is 0.